The van der Waals surface area contributed by atoms with Crippen molar-refractivity contribution >= 4 is 57.1 Å². The molecule has 1 N–H and O–H groups in total. The van der Waals surface area contributed by atoms with Crippen molar-refractivity contribution in [3.05, 3.63) is 97.5 Å². The SMILES string of the molecule is O=C(NN=Cc1ccc(Sc2ccc(Cl)cc2)c([N+](=O)[O-])c1)c1cccc(Br)c1. The molecule has 0 radical (unpaired) electrons. The third-order valence-electron chi connectivity index (χ3n) is 3.69. The Bertz CT molecular complexity index is 1090. The average molecular weight is 491 g/mol. The molecule has 0 saturated carbocycles. The number of rotatable bonds is 6. The zero-order valence-corrected chi connectivity index (χ0v) is 17.9. The van der Waals surface area contributed by atoms with Crippen LogP contribution in [0.4, 0.5) is 5.69 Å². The van der Waals surface area contributed by atoms with Crippen molar-refractivity contribution < 1.29 is 9.72 Å². The van der Waals surface area contributed by atoms with Gasteiger partial charge in [-0.3, -0.25) is 14.9 Å². The van der Waals surface area contributed by atoms with Crippen LogP contribution in [0.15, 0.2) is 86.1 Å². The van der Waals surface area contributed by atoms with Gasteiger partial charge in [-0.1, -0.05) is 51.4 Å². The van der Waals surface area contributed by atoms with Crippen LogP contribution in [0.5, 0.6) is 0 Å². The van der Waals surface area contributed by atoms with E-state index in [-0.39, 0.29) is 11.6 Å². The number of hydrogen-bond acceptors (Lipinski definition) is 5. The molecule has 0 bridgehead atoms. The van der Waals surface area contributed by atoms with E-state index in [1.54, 1.807) is 54.6 Å². The Labute approximate surface area is 184 Å². The van der Waals surface area contributed by atoms with E-state index in [2.05, 4.69) is 26.5 Å². The van der Waals surface area contributed by atoms with Crippen LogP contribution in [0, 0.1) is 10.1 Å². The minimum Gasteiger partial charge on any atom is -0.267 e. The summed E-state index contributed by atoms with van der Waals surface area (Å²) in [5.41, 5.74) is 3.29. The Morgan fingerprint density at radius 1 is 1.14 bits per heavy atom. The number of nitrogens with zero attached hydrogens (tertiary/aromatic N) is 2. The number of hydrogen-bond donors (Lipinski definition) is 1. The largest absolute Gasteiger partial charge is 0.283 e. The Morgan fingerprint density at radius 3 is 2.59 bits per heavy atom. The van der Waals surface area contributed by atoms with Crippen molar-refractivity contribution in [1.82, 2.24) is 5.43 Å². The fourth-order valence-electron chi connectivity index (χ4n) is 2.33. The highest BCUT2D eigenvalue weighted by Gasteiger charge is 2.15. The minimum absolute atomic E-state index is 0.0489. The van der Waals surface area contributed by atoms with Crippen LogP contribution in [-0.4, -0.2) is 17.0 Å². The number of nitrogens with one attached hydrogen (secondary N) is 1. The summed E-state index contributed by atoms with van der Waals surface area (Å²) in [4.78, 5) is 24.4. The number of carbonyl (C=O) groups excluding carboxylic acids is 1. The number of benzene rings is 3. The van der Waals surface area contributed by atoms with Gasteiger partial charge in [-0.25, -0.2) is 5.43 Å². The van der Waals surface area contributed by atoms with Gasteiger partial charge in [0.2, 0.25) is 0 Å². The molecule has 0 aliphatic heterocycles. The van der Waals surface area contributed by atoms with E-state index >= 15 is 0 Å². The third-order valence-corrected chi connectivity index (χ3v) is 5.51. The van der Waals surface area contributed by atoms with Crippen LogP contribution in [-0.2, 0) is 0 Å². The summed E-state index contributed by atoms with van der Waals surface area (Å²) in [5.74, 6) is -0.382. The normalized spacial score (nSPS) is 10.8. The molecule has 0 fully saturated rings. The second-order valence-electron chi connectivity index (χ2n) is 5.75. The molecule has 0 saturated heterocycles. The van der Waals surface area contributed by atoms with Crippen molar-refractivity contribution in [3.63, 3.8) is 0 Å². The molecule has 0 unspecified atom stereocenters. The maximum absolute atomic E-state index is 12.1. The van der Waals surface area contributed by atoms with Gasteiger partial charge in [-0.15, -0.1) is 0 Å². The Morgan fingerprint density at radius 2 is 1.90 bits per heavy atom. The van der Waals surface area contributed by atoms with Gasteiger partial charge in [0.15, 0.2) is 0 Å². The van der Waals surface area contributed by atoms with E-state index in [0.717, 1.165) is 9.37 Å². The molecule has 1 amide bonds. The summed E-state index contributed by atoms with van der Waals surface area (Å²) in [7, 11) is 0. The Kier molecular flexibility index (Phi) is 7.03. The summed E-state index contributed by atoms with van der Waals surface area (Å²) in [6.45, 7) is 0. The first kappa shape index (κ1) is 21.0. The topological polar surface area (TPSA) is 84.6 Å². The maximum atomic E-state index is 12.1. The van der Waals surface area contributed by atoms with Crippen LogP contribution in [0.1, 0.15) is 15.9 Å². The molecule has 0 heterocycles. The van der Waals surface area contributed by atoms with Crippen LogP contribution in [0.25, 0.3) is 0 Å². The molecule has 9 heteroatoms. The summed E-state index contributed by atoms with van der Waals surface area (Å²) in [6.07, 6.45) is 1.36. The van der Waals surface area contributed by atoms with E-state index in [0.29, 0.717) is 21.0 Å². The number of amides is 1. The third kappa shape index (κ3) is 5.90. The monoisotopic (exact) mass is 489 g/mol. The van der Waals surface area contributed by atoms with Crippen molar-refractivity contribution in [2.75, 3.05) is 0 Å². The molecular weight excluding hydrogens is 478 g/mol. The lowest BCUT2D eigenvalue weighted by atomic mass is 10.2. The lowest BCUT2D eigenvalue weighted by Gasteiger charge is -2.04. The highest BCUT2D eigenvalue weighted by molar-refractivity contribution is 9.10. The minimum atomic E-state index is -0.449. The second-order valence-corrected chi connectivity index (χ2v) is 8.22. The van der Waals surface area contributed by atoms with Crippen LogP contribution in [0.3, 0.4) is 0 Å². The van der Waals surface area contributed by atoms with Gasteiger partial charge in [0.05, 0.1) is 16.0 Å². The molecule has 29 heavy (non-hydrogen) atoms. The van der Waals surface area contributed by atoms with Gasteiger partial charge in [-0.05, 0) is 48.5 Å². The summed E-state index contributed by atoms with van der Waals surface area (Å²) in [6, 6.07) is 18.7. The first-order valence-corrected chi connectivity index (χ1v) is 10.2. The number of nitro groups is 1. The molecule has 0 atom stereocenters. The molecule has 3 rings (SSSR count). The number of hydrazone groups is 1. The molecule has 0 aliphatic carbocycles. The predicted octanol–water partition coefficient (Wildman–Crippen LogP) is 5.93. The molecule has 3 aromatic carbocycles. The van der Waals surface area contributed by atoms with E-state index in [1.807, 2.05) is 6.07 Å². The second kappa shape index (κ2) is 9.69. The standard InChI is InChI=1S/C20H13BrClN3O3S/c21-15-3-1-2-14(11-15)20(26)24-23-12-13-4-9-19(18(10-13)25(27)28)29-17-7-5-16(22)6-8-17/h1-12H,(H,24,26). The molecule has 146 valence electrons. The molecule has 0 aromatic heterocycles. The van der Waals surface area contributed by atoms with Gasteiger partial charge in [0.1, 0.15) is 0 Å². The fraction of sp³-hybridized carbons (Fsp3) is 0. The van der Waals surface area contributed by atoms with Crippen LogP contribution in [0.2, 0.25) is 5.02 Å². The van der Waals surface area contributed by atoms with Gasteiger partial charge in [-0.2, -0.15) is 5.10 Å². The Balaban J connectivity index is 1.74. The van der Waals surface area contributed by atoms with Crippen molar-refractivity contribution in [3.8, 4) is 0 Å². The zero-order valence-electron chi connectivity index (χ0n) is 14.7. The van der Waals surface area contributed by atoms with Crippen molar-refractivity contribution in [1.29, 1.82) is 0 Å². The Hall–Kier alpha value is -2.68. The van der Waals surface area contributed by atoms with E-state index in [4.69, 9.17) is 11.6 Å². The van der Waals surface area contributed by atoms with E-state index in [1.165, 1.54) is 24.0 Å². The number of nitro benzene ring substituents is 1. The van der Waals surface area contributed by atoms with Gasteiger partial charge in [0.25, 0.3) is 11.6 Å². The predicted molar refractivity (Wildman–Crippen MR) is 118 cm³/mol. The molecule has 0 aliphatic rings. The van der Waals surface area contributed by atoms with E-state index in [9.17, 15) is 14.9 Å². The van der Waals surface area contributed by atoms with Crippen LogP contribution < -0.4 is 5.43 Å². The maximum Gasteiger partial charge on any atom is 0.283 e. The fourth-order valence-corrected chi connectivity index (χ4v) is 3.76. The molecule has 6 nitrogen and oxygen atoms in total. The number of carbonyl (C=O) groups is 1. The molecular formula is C20H13BrClN3O3S. The number of halogens is 2. The van der Waals surface area contributed by atoms with E-state index < -0.39 is 4.92 Å². The van der Waals surface area contributed by atoms with Crippen molar-refractivity contribution in [2.45, 2.75) is 9.79 Å². The summed E-state index contributed by atoms with van der Waals surface area (Å²) < 4.78 is 0.776. The lowest BCUT2D eigenvalue weighted by molar-refractivity contribution is -0.387. The first-order valence-electron chi connectivity index (χ1n) is 8.23. The lowest BCUT2D eigenvalue weighted by Crippen LogP contribution is -2.17. The summed E-state index contributed by atoms with van der Waals surface area (Å²) in [5, 5.41) is 16.0. The molecule has 0 spiro atoms. The first-order chi connectivity index (χ1) is 13.9. The zero-order chi connectivity index (χ0) is 20.8. The van der Waals surface area contributed by atoms with Crippen LogP contribution >= 0.6 is 39.3 Å². The smallest absolute Gasteiger partial charge is 0.267 e. The van der Waals surface area contributed by atoms with Gasteiger partial charge < -0.3 is 0 Å². The quantitative estimate of drug-likeness (QED) is 0.264. The van der Waals surface area contributed by atoms with Gasteiger partial charge in [0, 0.05) is 31.6 Å². The highest BCUT2D eigenvalue weighted by Crippen LogP contribution is 2.35. The van der Waals surface area contributed by atoms with Gasteiger partial charge >= 0.3 is 0 Å². The van der Waals surface area contributed by atoms with Crippen molar-refractivity contribution in [2.24, 2.45) is 5.10 Å². The molecule has 3 aromatic rings. The summed E-state index contributed by atoms with van der Waals surface area (Å²) >= 11 is 10.4. The highest BCUT2D eigenvalue weighted by atomic mass is 79.9. The average Bonchev–Trinajstić information content (AvgIpc) is 2.70.